The summed E-state index contributed by atoms with van der Waals surface area (Å²) in [5.74, 6) is 0.265. The van der Waals surface area contributed by atoms with Crippen LogP contribution in [0.4, 0.5) is 11.4 Å². The highest BCUT2D eigenvalue weighted by Gasteiger charge is 2.42. The molecule has 0 aromatic heterocycles. The number of piperazine rings is 1. The molecule has 1 aliphatic carbocycles. The van der Waals surface area contributed by atoms with Gasteiger partial charge in [-0.25, -0.2) is 0 Å². The minimum atomic E-state index is 0.0220. The van der Waals surface area contributed by atoms with Gasteiger partial charge in [-0.15, -0.1) is 0 Å². The summed E-state index contributed by atoms with van der Waals surface area (Å²) >= 11 is 0. The number of aryl methyl sites for hydroxylation is 1. The number of para-hydroxylation sites is 1. The summed E-state index contributed by atoms with van der Waals surface area (Å²) in [4.78, 5) is 18.0. The molecule has 1 saturated heterocycles. The van der Waals surface area contributed by atoms with Gasteiger partial charge in [-0.05, 0) is 49.9 Å². The molecule has 4 heteroatoms. The quantitative estimate of drug-likeness (QED) is 0.912. The molecule has 2 atom stereocenters. The van der Waals surface area contributed by atoms with Crippen LogP contribution in [-0.4, -0.2) is 37.6 Å². The fourth-order valence-electron chi connectivity index (χ4n) is 4.58. The SMILES string of the molecule is Cc1ccc(N2CCN3c4ccccc4C[C@@H](C(=O)NC4CC4)[C@H]3C2)cc1. The van der Waals surface area contributed by atoms with E-state index in [2.05, 4.69) is 70.6 Å². The fourth-order valence-corrected chi connectivity index (χ4v) is 4.58. The molecule has 0 spiro atoms. The summed E-state index contributed by atoms with van der Waals surface area (Å²) in [5, 5.41) is 3.27. The number of anilines is 2. The lowest BCUT2D eigenvalue weighted by atomic mass is 9.83. The zero-order valence-electron chi connectivity index (χ0n) is 15.9. The Balaban J connectivity index is 1.44. The van der Waals surface area contributed by atoms with E-state index in [0.29, 0.717) is 6.04 Å². The Morgan fingerprint density at radius 3 is 2.59 bits per heavy atom. The molecule has 0 bridgehead atoms. The van der Waals surface area contributed by atoms with Crippen LogP contribution in [0.1, 0.15) is 24.0 Å². The number of rotatable bonds is 3. The number of nitrogens with zero attached hydrogens (tertiary/aromatic N) is 2. The highest BCUT2D eigenvalue weighted by Crippen LogP contribution is 2.37. The third-order valence-corrected chi connectivity index (χ3v) is 6.28. The Kier molecular flexibility index (Phi) is 4.07. The van der Waals surface area contributed by atoms with Crippen LogP contribution in [-0.2, 0) is 11.2 Å². The van der Waals surface area contributed by atoms with Crippen molar-refractivity contribution < 1.29 is 4.79 Å². The van der Waals surface area contributed by atoms with E-state index in [4.69, 9.17) is 0 Å². The number of amides is 1. The van der Waals surface area contributed by atoms with E-state index in [1.807, 2.05) is 0 Å². The largest absolute Gasteiger partial charge is 0.368 e. The summed E-state index contributed by atoms with van der Waals surface area (Å²) in [6, 6.07) is 18.0. The molecule has 0 radical (unpaired) electrons. The lowest BCUT2D eigenvalue weighted by Crippen LogP contribution is -2.61. The minimum Gasteiger partial charge on any atom is -0.368 e. The second kappa shape index (κ2) is 6.59. The molecule has 2 aliphatic heterocycles. The average Bonchev–Trinajstić information content (AvgIpc) is 3.51. The zero-order valence-corrected chi connectivity index (χ0v) is 15.9. The Hall–Kier alpha value is -2.49. The Morgan fingerprint density at radius 2 is 1.81 bits per heavy atom. The van der Waals surface area contributed by atoms with Gasteiger partial charge in [0, 0.05) is 37.1 Å². The molecular weight excluding hydrogens is 334 g/mol. The van der Waals surface area contributed by atoms with Gasteiger partial charge in [-0.3, -0.25) is 4.79 Å². The van der Waals surface area contributed by atoms with Gasteiger partial charge in [-0.1, -0.05) is 35.9 Å². The molecule has 27 heavy (non-hydrogen) atoms. The van der Waals surface area contributed by atoms with E-state index in [-0.39, 0.29) is 17.9 Å². The minimum absolute atomic E-state index is 0.0220. The van der Waals surface area contributed by atoms with Crippen molar-refractivity contribution >= 4 is 17.3 Å². The summed E-state index contributed by atoms with van der Waals surface area (Å²) in [6.45, 7) is 4.98. The first kappa shape index (κ1) is 16.7. The van der Waals surface area contributed by atoms with Gasteiger partial charge in [0.05, 0.1) is 12.0 Å². The van der Waals surface area contributed by atoms with Gasteiger partial charge in [0.15, 0.2) is 0 Å². The molecule has 2 fully saturated rings. The summed E-state index contributed by atoms with van der Waals surface area (Å²) in [7, 11) is 0. The number of carbonyl (C=O) groups is 1. The molecule has 0 unspecified atom stereocenters. The molecular formula is C23H27N3O. The van der Waals surface area contributed by atoms with Gasteiger partial charge in [0.1, 0.15) is 0 Å². The average molecular weight is 361 g/mol. The number of carbonyl (C=O) groups excluding carboxylic acids is 1. The van der Waals surface area contributed by atoms with Crippen molar-refractivity contribution in [1.82, 2.24) is 5.32 Å². The predicted octanol–water partition coefficient (Wildman–Crippen LogP) is 3.14. The van der Waals surface area contributed by atoms with E-state index in [0.717, 1.165) is 38.9 Å². The Bertz CT molecular complexity index is 843. The Morgan fingerprint density at radius 1 is 1.04 bits per heavy atom. The van der Waals surface area contributed by atoms with Crippen molar-refractivity contribution in [2.75, 3.05) is 29.4 Å². The van der Waals surface area contributed by atoms with Crippen LogP contribution >= 0.6 is 0 Å². The van der Waals surface area contributed by atoms with Crippen LogP contribution in [0.2, 0.25) is 0 Å². The summed E-state index contributed by atoms with van der Waals surface area (Å²) in [6.07, 6.45) is 3.12. The fraction of sp³-hybridized carbons (Fsp3) is 0.435. The van der Waals surface area contributed by atoms with E-state index in [1.54, 1.807) is 0 Å². The molecule has 2 aromatic carbocycles. The molecule has 140 valence electrons. The molecule has 4 nitrogen and oxygen atoms in total. The second-order valence-corrected chi connectivity index (χ2v) is 8.26. The number of benzene rings is 2. The normalized spacial score (nSPS) is 24.2. The third kappa shape index (κ3) is 3.18. The molecule has 3 aliphatic rings. The van der Waals surface area contributed by atoms with Gasteiger partial charge in [0.25, 0.3) is 0 Å². The van der Waals surface area contributed by atoms with Crippen molar-refractivity contribution in [2.24, 2.45) is 5.92 Å². The van der Waals surface area contributed by atoms with Crippen molar-refractivity contribution in [2.45, 2.75) is 38.3 Å². The van der Waals surface area contributed by atoms with E-state index < -0.39 is 0 Å². The third-order valence-electron chi connectivity index (χ3n) is 6.28. The topological polar surface area (TPSA) is 35.6 Å². The van der Waals surface area contributed by atoms with Crippen molar-refractivity contribution in [3.63, 3.8) is 0 Å². The lowest BCUT2D eigenvalue weighted by Gasteiger charge is -2.49. The van der Waals surface area contributed by atoms with E-state index >= 15 is 0 Å². The van der Waals surface area contributed by atoms with Crippen LogP contribution in [0.3, 0.4) is 0 Å². The maximum Gasteiger partial charge on any atom is 0.225 e. The molecule has 2 aromatic rings. The van der Waals surface area contributed by atoms with Gasteiger partial charge < -0.3 is 15.1 Å². The van der Waals surface area contributed by atoms with Crippen LogP contribution < -0.4 is 15.1 Å². The second-order valence-electron chi connectivity index (χ2n) is 8.26. The van der Waals surface area contributed by atoms with Gasteiger partial charge >= 0.3 is 0 Å². The first-order valence-corrected chi connectivity index (χ1v) is 10.2. The Labute approximate surface area is 161 Å². The predicted molar refractivity (Wildman–Crippen MR) is 109 cm³/mol. The molecule has 1 amide bonds. The smallest absolute Gasteiger partial charge is 0.225 e. The maximum absolute atomic E-state index is 13.0. The molecule has 1 N–H and O–H groups in total. The standard InChI is InChI=1S/C23H27N3O/c1-16-6-10-19(11-7-16)25-12-13-26-21-5-3-2-4-17(21)14-20(22(26)15-25)23(27)24-18-8-9-18/h2-7,10-11,18,20,22H,8-9,12-15H2,1H3,(H,24,27)/t20-,22-/m1/s1. The van der Waals surface area contributed by atoms with Crippen LogP contribution in [0, 0.1) is 12.8 Å². The highest BCUT2D eigenvalue weighted by atomic mass is 16.2. The zero-order chi connectivity index (χ0) is 18.4. The van der Waals surface area contributed by atoms with Crippen LogP contribution in [0.25, 0.3) is 0 Å². The number of fused-ring (bicyclic) bond motifs is 3. The lowest BCUT2D eigenvalue weighted by molar-refractivity contribution is -0.126. The van der Waals surface area contributed by atoms with E-state index in [1.165, 1.54) is 22.5 Å². The van der Waals surface area contributed by atoms with Crippen molar-refractivity contribution in [3.05, 3.63) is 59.7 Å². The van der Waals surface area contributed by atoms with E-state index in [9.17, 15) is 4.79 Å². The summed E-state index contributed by atoms with van der Waals surface area (Å²) in [5.41, 5.74) is 5.18. The van der Waals surface area contributed by atoms with Crippen LogP contribution in [0.5, 0.6) is 0 Å². The van der Waals surface area contributed by atoms with Crippen molar-refractivity contribution in [3.8, 4) is 0 Å². The number of nitrogens with one attached hydrogen (secondary N) is 1. The first-order valence-electron chi connectivity index (χ1n) is 10.2. The molecule has 5 rings (SSSR count). The van der Waals surface area contributed by atoms with Crippen molar-refractivity contribution in [1.29, 1.82) is 0 Å². The first-order chi connectivity index (χ1) is 13.2. The summed E-state index contributed by atoms with van der Waals surface area (Å²) < 4.78 is 0. The van der Waals surface area contributed by atoms with Gasteiger partial charge in [-0.2, -0.15) is 0 Å². The monoisotopic (exact) mass is 361 g/mol. The molecule has 1 saturated carbocycles. The number of hydrogen-bond donors (Lipinski definition) is 1. The molecule has 2 heterocycles. The maximum atomic E-state index is 13.0. The van der Waals surface area contributed by atoms with Gasteiger partial charge in [0.2, 0.25) is 5.91 Å². The highest BCUT2D eigenvalue weighted by molar-refractivity contribution is 5.83. The number of hydrogen-bond acceptors (Lipinski definition) is 3. The van der Waals surface area contributed by atoms with Crippen LogP contribution in [0.15, 0.2) is 48.5 Å².